The summed E-state index contributed by atoms with van der Waals surface area (Å²) in [6, 6.07) is 27.1. The lowest BCUT2D eigenvalue weighted by atomic mass is 9.98. The van der Waals surface area contributed by atoms with E-state index in [9.17, 15) is 9.36 Å². The summed E-state index contributed by atoms with van der Waals surface area (Å²) < 4.78 is 26.3. The van der Waals surface area contributed by atoms with Crippen LogP contribution in [0.4, 0.5) is 0 Å². The van der Waals surface area contributed by atoms with Gasteiger partial charge in [0, 0.05) is 27.7 Å². The zero-order valence-corrected chi connectivity index (χ0v) is 24.0. The highest BCUT2D eigenvalue weighted by Gasteiger charge is 2.51. The van der Waals surface area contributed by atoms with Crippen molar-refractivity contribution in [3.8, 4) is 16.2 Å². The number of thiophene rings is 1. The summed E-state index contributed by atoms with van der Waals surface area (Å²) in [6.45, 7) is 3.09. The third-order valence-electron chi connectivity index (χ3n) is 7.18. The van der Waals surface area contributed by atoms with Gasteiger partial charge < -0.3 is 19.8 Å². The van der Waals surface area contributed by atoms with Gasteiger partial charge in [-0.2, -0.15) is 0 Å². The Morgan fingerprint density at radius 2 is 1.82 bits per heavy atom. The maximum Gasteiger partial charge on any atom is 0.232 e. The van der Waals surface area contributed by atoms with E-state index in [0.717, 1.165) is 23.5 Å². The molecule has 0 bridgehead atoms. The Morgan fingerprint density at radius 3 is 2.55 bits per heavy atom. The van der Waals surface area contributed by atoms with Gasteiger partial charge in [0.1, 0.15) is 10.9 Å². The molecule has 4 aromatic rings. The number of hydrogen-bond acceptors (Lipinski definition) is 6. The first-order valence-corrected chi connectivity index (χ1v) is 17.2. The number of hydrogen-bond donors (Lipinski definition) is 1. The Labute approximate surface area is 231 Å². The number of carbonyl (C=O) groups excluding carboxylic acids is 1. The monoisotopic (exact) mass is 565 g/mol. The summed E-state index contributed by atoms with van der Waals surface area (Å²) in [5, 5.41) is 0.271. The minimum absolute atomic E-state index is 0.400. The Balaban J connectivity index is 1.14. The van der Waals surface area contributed by atoms with E-state index in [1.165, 1.54) is 37.5 Å². The van der Waals surface area contributed by atoms with Crippen molar-refractivity contribution in [1.82, 2.24) is 0 Å². The average molecular weight is 566 g/mol. The van der Waals surface area contributed by atoms with E-state index in [1.807, 2.05) is 35.6 Å². The molecule has 38 heavy (non-hydrogen) atoms. The SMILES string of the molecule is CP(=O)(Sc1ccc(OCCCc2cccc(-c3cc4ccccc4s3)c2)cc1)C1(C(N)=O)CCOCC1. The molecule has 0 aliphatic carbocycles. The van der Waals surface area contributed by atoms with E-state index in [-0.39, 0.29) is 0 Å². The molecule has 2 heterocycles. The lowest BCUT2D eigenvalue weighted by molar-refractivity contribution is -0.122. The number of fused-ring (bicyclic) bond motifs is 1. The molecule has 1 fully saturated rings. The van der Waals surface area contributed by atoms with Gasteiger partial charge in [-0.1, -0.05) is 53.8 Å². The molecule has 1 atom stereocenters. The lowest BCUT2D eigenvalue weighted by Crippen LogP contribution is -2.47. The standard InChI is InChI=1S/C30H32NO4PS2/c1-36(33,30(29(31)32)15-18-34-19-16-30)38-26-13-11-25(12-14-26)35-17-5-7-22-6-4-9-23(20-22)28-21-24-8-2-3-10-27(24)37-28/h2-4,6,8-14,20-21H,5,7,15-19H2,1H3,(H2,31,32). The highest BCUT2D eigenvalue weighted by Crippen LogP contribution is 2.70. The quantitative estimate of drug-likeness (QED) is 0.158. The predicted molar refractivity (Wildman–Crippen MR) is 159 cm³/mol. The highest BCUT2D eigenvalue weighted by atomic mass is 32.7. The van der Waals surface area contributed by atoms with Crippen molar-refractivity contribution >= 4 is 45.1 Å². The number of primary amides is 1. The Kier molecular flexibility index (Phi) is 8.29. The number of amides is 1. The van der Waals surface area contributed by atoms with Gasteiger partial charge in [-0.3, -0.25) is 4.79 Å². The molecule has 8 heteroatoms. The molecule has 5 nitrogen and oxygen atoms in total. The van der Waals surface area contributed by atoms with Gasteiger partial charge in [0.25, 0.3) is 0 Å². The lowest BCUT2D eigenvalue weighted by Gasteiger charge is -2.38. The molecular weight excluding hydrogens is 533 g/mol. The molecule has 198 valence electrons. The maximum atomic E-state index is 13.7. The fourth-order valence-corrected chi connectivity index (χ4v) is 11.1. The van der Waals surface area contributed by atoms with E-state index >= 15 is 0 Å². The maximum absolute atomic E-state index is 13.7. The van der Waals surface area contributed by atoms with Crippen LogP contribution in [-0.2, 0) is 20.5 Å². The molecule has 1 saturated heterocycles. The van der Waals surface area contributed by atoms with Crippen LogP contribution in [-0.4, -0.2) is 37.5 Å². The molecule has 1 unspecified atom stereocenters. The zero-order chi connectivity index (χ0) is 26.6. The first-order chi connectivity index (χ1) is 18.4. The van der Waals surface area contributed by atoms with Gasteiger partial charge in [0.15, 0.2) is 6.34 Å². The van der Waals surface area contributed by atoms with Gasteiger partial charge in [0.2, 0.25) is 5.91 Å². The Morgan fingerprint density at radius 1 is 1.05 bits per heavy atom. The van der Waals surface area contributed by atoms with Gasteiger partial charge in [-0.25, -0.2) is 0 Å². The van der Waals surface area contributed by atoms with Gasteiger partial charge in [0.05, 0.1) is 6.61 Å². The van der Waals surface area contributed by atoms with Crippen molar-refractivity contribution in [3.05, 3.63) is 84.4 Å². The van der Waals surface area contributed by atoms with Crippen LogP contribution >= 0.6 is 29.1 Å². The van der Waals surface area contributed by atoms with Crippen LogP contribution in [0.3, 0.4) is 0 Å². The van der Waals surface area contributed by atoms with Crippen LogP contribution in [0.5, 0.6) is 5.75 Å². The smallest absolute Gasteiger partial charge is 0.232 e. The van der Waals surface area contributed by atoms with Crippen LogP contribution in [0.25, 0.3) is 20.5 Å². The van der Waals surface area contributed by atoms with Gasteiger partial charge in [-0.05, 0) is 85.3 Å². The molecule has 0 radical (unpaired) electrons. The van der Waals surface area contributed by atoms with E-state index < -0.39 is 17.4 Å². The van der Waals surface area contributed by atoms with Crippen molar-refractivity contribution in [1.29, 1.82) is 0 Å². The number of rotatable bonds is 10. The Bertz CT molecular complexity index is 1430. The van der Waals surface area contributed by atoms with E-state index in [4.69, 9.17) is 15.2 Å². The largest absolute Gasteiger partial charge is 0.494 e. The minimum Gasteiger partial charge on any atom is -0.494 e. The third kappa shape index (κ3) is 5.86. The number of benzene rings is 3. The molecular formula is C30H32NO4PS2. The van der Waals surface area contributed by atoms with Crippen molar-refractivity contribution in [3.63, 3.8) is 0 Å². The summed E-state index contributed by atoms with van der Waals surface area (Å²) in [6.07, 6.45) is -0.328. The molecule has 0 spiro atoms. The predicted octanol–water partition coefficient (Wildman–Crippen LogP) is 7.61. The number of carbonyl (C=O) groups is 1. The second-order valence-corrected chi connectivity index (χ2v) is 16.6. The number of nitrogens with two attached hydrogens (primary N) is 1. The summed E-state index contributed by atoms with van der Waals surface area (Å²) in [5.41, 5.74) is 8.28. The van der Waals surface area contributed by atoms with Crippen molar-refractivity contribution in [2.45, 2.75) is 35.7 Å². The molecule has 3 aromatic carbocycles. The fraction of sp³-hybridized carbons (Fsp3) is 0.300. The van der Waals surface area contributed by atoms with E-state index in [0.29, 0.717) is 32.7 Å². The highest BCUT2D eigenvalue weighted by molar-refractivity contribution is 8.58. The topological polar surface area (TPSA) is 78.6 Å². The number of aryl methyl sites for hydroxylation is 1. The Hall–Kier alpha value is -2.57. The van der Waals surface area contributed by atoms with E-state index in [2.05, 4.69) is 54.6 Å². The summed E-state index contributed by atoms with van der Waals surface area (Å²) in [5.74, 6) is 0.281. The van der Waals surface area contributed by atoms with Gasteiger partial charge in [-0.15, -0.1) is 11.3 Å². The van der Waals surface area contributed by atoms with Crippen LogP contribution < -0.4 is 10.5 Å². The van der Waals surface area contributed by atoms with Crippen molar-refractivity contribution < 1.29 is 18.8 Å². The number of ether oxygens (including phenoxy) is 2. The van der Waals surface area contributed by atoms with Crippen LogP contribution in [0.2, 0.25) is 0 Å². The van der Waals surface area contributed by atoms with E-state index in [1.54, 1.807) is 6.66 Å². The van der Waals surface area contributed by atoms with Crippen LogP contribution in [0, 0.1) is 0 Å². The molecule has 0 saturated carbocycles. The van der Waals surface area contributed by atoms with Crippen LogP contribution in [0.1, 0.15) is 24.8 Å². The van der Waals surface area contributed by atoms with Crippen LogP contribution in [0.15, 0.2) is 83.8 Å². The zero-order valence-electron chi connectivity index (χ0n) is 21.4. The van der Waals surface area contributed by atoms with Crippen molar-refractivity contribution in [2.75, 3.05) is 26.5 Å². The molecule has 5 rings (SSSR count). The summed E-state index contributed by atoms with van der Waals surface area (Å²) in [4.78, 5) is 14.4. The minimum atomic E-state index is -2.97. The van der Waals surface area contributed by atoms with Crippen molar-refractivity contribution in [2.24, 2.45) is 5.73 Å². The second kappa shape index (κ2) is 11.7. The molecule has 1 aromatic heterocycles. The molecule has 1 amide bonds. The normalized spacial score (nSPS) is 16.7. The van der Waals surface area contributed by atoms with Gasteiger partial charge >= 0.3 is 0 Å². The molecule has 1 aliphatic rings. The fourth-order valence-electron chi connectivity index (χ4n) is 4.92. The summed E-state index contributed by atoms with van der Waals surface area (Å²) >= 11 is 3.08. The average Bonchev–Trinajstić information content (AvgIpc) is 3.37. The second-order valence-electron chi connectivity index (χ2n) is 9.72. The summed E-state index contributed by atoms with van der Waals surface area (Å²) in [7, 11) is 0. The third-order valence-corrected chi connectivity index (χ3v) is 14.1. The first kappa shape index (κ1) is 27.0. The molecule has 2 N–H and O–H groups in total. The first-order valence-electron chi connectivity index (χ1n) is 12.8. The molecule has 1 aliphatic heterocycles.